The zero-order valence-corrected chi connectivity index (χ0v) is 17.8. The molecule has 1 aliphatic heterocycles. The van der Waals surface area contributed by atoms with E-state index >= 15 is 0 Å². The Hall–Kier alpha value is -0.450. The quantitative estimate of drug-likeness (QED) is 0.552. The van der Waals surface area contributed by atoms with Crippen LogP contribution in [0, 0.1) is 11.8 Å². The molecule has 1 aliphatic carbocycles. The van der Waals surface area contributed by atoms with Gasteiger partial charge in [-0.15, -0.1) is 0 Å². The minimum atomic E-state index is 0.248. The van der Waals surface area contributed by atoms with Crippen molar-refractivity contribution in [2.24, 2.45) is 11.8 Å². The lowest BCUT2D eigenvalue weighted by atomic mass is 9.83. The highest BCUT2D eigenvalue weighted by atomic mass is 16.5. The molecule has 0 spiro atoms. The number of carbonyl (C=O) groups excluding carboxylic acids is 1. The van der Waals surface area contributed by atoms with Crippen LogP contribution in [-0.4, -0.2) is 56.2 Å². The lowest BCUT2D eigenvalue weighted by Gasteiger charge is -2.26. The van der Waals surface area contributed by atoms with E-state index in [4.69, 9.17) is 9.47 Å². The van der Waals surface area contributed by atoms with Crippen molar-refractivity contribution in [1.82, 2.24) is 4.90 Å². The van der Waals surface area contributed by atoms with Crippen LogP contribution in [0.1, 0.15) is 79.1 Å². The van der Waals surface area contributed by atoms with Gasteiger partial charge in [0, 0.05) is 18.4 Å². The predicted molar refractivity (Wildman–Crippen MR) is 109 cm³/mol. The fraction of sp³-hybridized carbons (Fsp3) is 0.955. The molecule has 4 nitrogen and oxygen atoms in total. The monoisotopic (exact) mass is 369 g/mol. The van der Waals surface area contributed by atoms with Crippen LogP contribution in [0.15, 0.2) is 0 Å². The Bertz CT molecular complexity index is 345. The number of piperidine rings is 1. The van der Waals surface area contributed by atoms with Crippen LogP contribution in [-0.2, 0) is 14.3 Å². The van der Waals surface area contributed by atoms with Crippen LogP contribution >= 0.6 is 0 Å². The van der Waals surface area contributed by atoms with Gasteiger partial charge in [0.15, 0.2) is 0 Å². The molecule has 2 fully saturated rings. The van der Waals surface area contributed by atoms with Crippen molar-refractivity contribution in [3.05, 3.63) is 0 Å². The second-order valence-electron chi connectivity index (χ2n) is 8.33. The Morgan fingerprint density at radius 3 is 2.08 bits per heavy atom. The molecule has 154 valence electrons. The molecule has 0 amide bonds. The summed E-state index contributed by atoms with van der Waals surface area (Å²) in [6.45, 7) is 14.0. The topological polar surface area (TPSA) is 38.8 Å². The molecule has 26 heavy (non-hydrogen) atoms. The highest BCUT2D eigenvalue weighted by molar-refractivity contribution is 5.82. The molecule has 0 radical (unpaired) electrons. The number of likely N-dealkylation sites (tertiary alicyclic amines) is 1. The van der Waals surface area contributed by atoms with E-state index in [0.29, 0.717) is 17.8 Å². The van der Waals surface area contributed by atoms with Crippen molar-refractivity contribution in [1.29, 1.82) is 0 Å². The van der Waals surface area contributed by atoms with Crippen molar-refractivity contribution >= 4 is 5.78 Å². The Morgan fingerprint density at radius 2 is 1.50 bits per heavy atom. The average Bonchev–Trinajstić information content (AvgIpc) is 2.65. The minimum Gasteiger partial charge on any atom is -0.378 e. The van der Waals surface area contributed by atoms with Gasteiger partial charge < -0.3 is 14.4 Å². The fourth-order valence-electron chi connectivity index (χ4n) is 3.68. The molecule has 1 heterocycles. The van der Waals surface area contributed by atoms with Gasteiger partial charge in [-0.25, -0.2) is 0 Å². The molecule has 4 heteroatoms. The van der Waals surface area contributed by atoms with E-state index in [1.165, 1.54) is 51.6 Å². The van der Waals surface area contributed by atoms with Crippen LogP contribution in [0.25, 0.3) is 0 Å². The van der Waals surface area contributed by atoms with Crippen molar-refractivity contribution in [2.75, 3.05) is 39.5 Å². The predicted octanol–water partition coefficient (Wildman–Crippen LogP) is 4.71. The number of ether oxygens (including phenoxy) is 2. The Kier molecular flexibility index (Phi) is 13.2. The molecule has 0 aromatic heterocycles. The van der Waals surface area contributed by atoms with E-state index in [2.05, 4.69) is 4.90 Å². The summed E-state index contributed by atoms with van der Waals surface area (Å²) >= 11 is 0. The SMILES string of the molecule is CC(C)C(=O)C1CCCCC1.CC(C)OCCOCCN1CCCCC1. The molecule has 1 saturated heterocycles. The van der Waals surface area contributed by atoms with E-state index in [1.807, 2.05) is 27.7 Å². The highest BCUT2D eigenvalue weighted by Crippen LogP contribution is 2.26. The third-order valence-electron chi connectivity index (χ3n) is 5.26. The first-order valence-corrected chi connectivity index (χ1v) is 11.0. The van der Waals surface area contributed by atoms with Gasteiger partial charge in [0.05, 0.1) is 25.9 Å². The molecule has 0 bridgehead atoms. The average molecular weight is 370 g/mol. The summed E-state index contributed by atoms with van der Waals surface area (Å²) in [5.74, 6) is 1.14. The summed E-state index contributed by atoms with van der Waals surface area (Å²) in [6, 6.07) is 0. The maximum absolute atomic E-state index is 11.5. The van der Waals surface area contributed by atoms with E-state index in [9.17, 15) is 4.79 Å². The second kappa shape index (κ2) is 14.6. The summed E-state index contributed by atoms with van der Waals surface area (Å²) in [5, 5.41) is 0. The number of hydrogen-bond donors (Lipinski definition) is 0. The first kappa shape index (κ1) is 23.6. The number of nitrogens with zero attached hydrogens (tertiary/aromatic N) is 1. The number of ketones is 1. The smallest absolute Gasteiger partial charge is 0.138 e. The minimum absolute atomic E-state index is 0.248. The molecule has 2 rings (SSSR count). The van der Waals surface area contributed by atoms with Gasteiger partial charge in [-0.05, 0) is 52.6 Å². The third kappa shape index (κ3) is 11.3. The molecule has 0 aromatic rings. The first-order chi connectivity index (χ1) is 12.5. The second-order valence-corrected chi connectivity index (χ2v) is 8.33. The van der Waals surface area contributed by atoms with Crippen LogP contribution in [0.2, 0.25) is 0 Å². The lowest BCUT2D eigenvalue weighted by molar-refractivity contribution is -0.126. The Balaban J connectivity index is 0.000000273. The van der Waals surface area contributed by atoms with Gasteiger partial charge in [0.1, 0.15) is 5.78 Å². The molecule has 1 saturated carbocycles. The van der Waals surface area contributed by atoms with E-state index in [0.717, 1.165) is 39.2 Å². The van der Waals surface area contributed by atoms with Crippen molar-refractivity contribution in [3.63, 3.8) is 0 Å². The van der Waals surface area contributed by atoms with E-state index in [1.54, 1.807) is 0 Å². The van der Waals surface area contributed by atoms with Gasteiger partial charge in [0.2, 0.25) is 0 Å². The van der Waals surface area contributed by atoms with E-state index < -0.39 is 0 Å². The third-order valence-corrected chi connectivity index (χ3v) is 5.26. The molecule has 0 atom stereocenters. The number of carbonyl (C=O) groups is 1. The standard InChI is InChI=1S/C12H25NO2.C10H18O/c1-12(2)15-11-10-14-9-8-13-6-4-3-5-7-13;1-8(2)10(11)9-6-4-3-5-7-9/h12H,3-11H2,1-2H3;8-9H,3-7H2,1-2H3. The zero-order valence-electron chi connectivity index (χ0n) is 17.8. The molecule has 0 unspecified atom stereocenters. The van der Waals surface area contributed by atoms with Gasteiger partial charge in [-0.3, -0.25) is 4.79 Å². The maximum atomic E-state index is 11.5. The molecular formula is C22H43NO3. The molecule has 0 aromatic carbocycles. The Labute approximate surface area is 162 Å². The van der Waals surface area contributed by atoms with Crippen molar-refractivity contribution in [3.8, 4) is 0 Å². The summed E-state index contributed by atoms with van der Waals surface area (Å²) in [7, 11) is 0. The molecule has 2 aliphatic rings. The van der Waals surface area contributed by atoms with Crippen LogP contribution in [0.4, 0.5) is 0 Å². The van der Waals surface area contributed by atoms with Crippen LogP contribution in [0.3, 0.4) is 0 Å². The van der Waals surface area contributed by atoms with Crippen molar-refractivity contribution < 1.29 is 14.3 Å². The van der Waals surface area contributed by atoms with E-state index in [-0.39, 0.29) is 5.92 Å². The summed E-state index contributed by atoms with van der Waals surface area (Å²) in [5.41, 5.74) is 0. The van der Waals surface area contributed by atoms with Gasteiger partial charge in [0.25, 0.3) is 0 Å². The normalized spacial score (nSPS) is 19.5. The van der Waals surface area contributed by atoms with Crippen LogP contribution < -0.4 is 0 Å². The Morgan fingerprint density at radius 1 is 0.885 bits per heavy atom. The van der Waals surface area contributed by atoms with Gasteiger partial charge >= 0.3 is 0 Å². The van der Waals surface area contributed by atoms with Gasteiger partial charge in [-0.2, -0.15) is 0 Å². The molecular weight excluding hydrogens is 326 g/mol. The van der Waals surface area contributed by atoms with Crippen molar-refractivity contribution in [2.45, 2.75) is 85.2 Å². The number of hydrogen-bond acceptors (Lipinski definition) is 4. The largest absolute Gasteiger partial charge is 0.378 e. The van der Waals surface area contributed by atoms with Crippen LogP contribution in [0.5, 0.6) is 0 Å². The summed E-state index contributed by atoms with van der Waals surface area (Å²) < 4.78 is 10.9. The lowest BCUT2D eigenvalue weighted by Crippen LogP contribution is -2.32. The zero-order chi connectivity index (χ0) is 19.2. The first-order valence-electron chi connectivity index (χ1n) is 11.0. The number of rotatable bonds is 9. The summed E-state index contributed by atoms with van der Waals surface area (Å²) in [4.78, 5) is 14.0. The summed E-state index contributed by atoms with van der Waals surface area (Å²) in [6.07, 6.45) is 10.6. The van der Waals surface area contributed by atoms with Gasteiger partial charge in [-0.1, -0.05) is 39.5 Å². The number of Topliss-reactive ketones (excluding diaryl/α,β-unsaturated/α-hetero) is 1. The fourth-order valence-corrected chi connectivity index (χ4v) is 3.68. The highest BCUT2D eigenvalue weighted by Gasteiger charge is 2.22. The molecule has 0 N–H and O–H groups in total. The maximum Gasteiger partial charge on any atom is 0.138 e.